The fourth-order valence-corrected chi connectivity index (χ4v) is 6.13. The summed E-state index contributed by atoms with van der Waals surface area (Å²) in [5.41, 5.74) is -0.407. The lowest BCUT2D eigenvalue weighted by molar-refractivity contribution is -0.0199. The second kappa shape index (κ2) is 8.06. The van der Waals surface area contributed by atoms with E-state index in [0.717, 1.165) is 21.8 Å². The third-order valence-electron chi connectivity index (χ3n) is 6.62. The SMILES string of the molecule is O=C1c2c(O)c(=O)c(F)cn2N([C@@H]2c3ccccc3SCc3c2ccc(F)c3F)[C@@H]2COCCN12. The summed E-state index contributed by atoms with van der Waals surface area (Å²) in [6.45, 7) is 0.444. The molecule has 6 rings (SSSR count). The Morgan fingerprint density at radius 3 is 2.66 bits per heavy atom. The highest BCUT2D eigenvalue weighted by atomic mass is 32.2. The number of nitrogens with zero attached hydrogens (tertiary/aromatic N) is 3. The average molecular weight is 501 g/mol. The van der Waals surface area contributed by atoms with Gasteiger partial charge in [-0.05, 0) is 23.3 Å². The molecule has 2 aromatic carbocycles. The first-order valence-electron chi connectivity index (χ1n) is 10.9. The molecule has 0 saturated carbocycles. The van der Waals surface area contributed by atoms with Crippen LogP contribution in [0.1, 0.15) is 33.2 Å². The van der Waals surface area contributed by atoms with E-state index in [1.807, 2.05) is 18.2 Å². The van der Waals surface area contributed by atoms with Gasteiger partial charge in [-0.2, -0.15) is 0 Å². The molecule has 1 amide bonds. The van der Waals surface area contributed by atoms with Gasteiger partial charge in [-0.3, -0.25) is 19.3 Å². The minimum absolute atomic E-state index is 0.0461. The maximum atomic E-state index is 15.1. The molecule has 1 aromatic heterocycles. The van der Waals surface area contributed by atoms with E-state index < -0.39 is 52.4 Å². The van der Waals surface area contributed by atoms with Crippen LogP contribution in [0.4, 0.5) is 13.2 Å². The first kappa shape index (κ1) is 22.1. The topological polar surface area (TPSA) is 75.0 Å². The van der Waals surface area contributed by atoms with Crippen molar-refractivity contribution >= 4 is 17.7 Å². The van der Waals surface area contributed by atoms with E-state index in [2.05, 4.69) is 0 Å². The maximum absolute atomic E-state index is 15.1. The molecule has 0 unspecified atom stereocenters. The normalized spacial score (nSPS) is 21.1. The molecule has 3 aromatic rings. The molecule has 0 radical (unpaired) electrons. The van der Waals surface area contributed by atoms with Gasteiger partial charge < -0.3 is 14.7 Å². The Labute approximate surface area is 201 Å². The van der Waals surface area contributed by atoms with Crippen LogP contribution in [0.5, 0.6) is 5.75 Å². The quantitative estimate of drug-likeness (QED) is 0.553. The number of fused-ring (bicyclic) bond motifs is 4. The Kier molecular flexibility index (Phi) is 5.08. The Morgan fingerprint density at radius 2 is 1.83 bits per heavy atom. The number of carbonyl (C=O) groups excluding carboxylic acids is 1. The number of thioether (sulfide) groups is 1. The summed E-state index contributed by atoms with van der Waals surface area (Å²) in [6, 6.07) is 8.98. The molecule has 180 valence electrons. The summed E-state index contributed by atoms with van der Waals surface area (Å²) in [4.78, 5) is 27.8. The number of halogens is 3. The minimum Gasteiger partial charge on any atom is -0.502 e. The number of aromatic hydroxyl groups is 1. The molecular formula is C24H18F3N3O4S. The second-order valence-electron chi connectivity index (χ2n) is 8.44. The lowest BCUT2D eigenvalue weighted by atomic mass is 9.93. The minimum atomic E-state index is -1.29. The van der Waals surface area contributed by atoms with Gasteiger partial charge in [0.2, 0.25) is 0 Å². The van der Waals surface area contributed by atoms with Crippen molar-refractivity contribution in [2.45, 2.75) is 22.9 Å². The van der Waals surface area contributed by atoms with Gasteiger partial charge in [0.15, 0.2) is 28.9 Å². The van der Waals surface area contributed by atoms with E-state index in [4.69, 9.17) is 4.74 Å². The lowest BCUT2D eigenvalue weighted by Gasteiger charge is -2.51. The van der Waals surface area contributed by atoms with E-state index in [9.17, 15) is 23.5 Å². The van der Waals surface area contributed by atoms with Crippen molar-refractivity contribution in [3.05, 3.63) is 92.7 Å². The third kappa shape index (κ3) is 3.18. The fraction of sp³-hybridized carbons (Fsp3) is 0.250. The van der Waals surface area contributed by atoms with Gasteiger partial charge in [0.05, 0.1) is 25.5 Å². The largest absolute Gasteiger partial charge is 0.502 e. The first-order valence-corrected chi connectivity index (χ1v) is 11.9. The molecule has 7 nitrogen and oxygen atoms in total. The van der Waals surface area contributed by atoms with Crippen LogP contribution in [0.15, 0.2) is 52.3 Å². The van der Waals surface area contributed by atoms with E-state index in [1.165, 1.54) is 22.7 Å². The zero-order valence-electron chi connectivity index (χ0n) is 18.1. The van der Waals surface area contributed by atoms with Crippen LogP contribution in [0.25, 0.3) is 0 Å². The van der Waals surface area contributed by atoms with Gasteiger partial charge in [0.1, 0.15) is 6.17 Å². The molecule has 35 heavy (non-hydrogen) atoms. The molecule has 1 fully saturated rings. The van der Waals surface area contributed by atoms with Crippen molar-refractivity contribution in [2.75, 3.05) is 24.8 Å². The lowest BCUT2D eigenvalue weighted by Crippen LogP contribution is -2.66. The smallest absolute Gasteiger partial charge is 0.278 e. The monoisotopic (exact) mass is 501 g/mol. The highest BCUT2D eigenvalue weighted by molar-refractivity contribution is 7.98. The molecule has 1 saturated heterocycles. The van der Waals surface area contributed by atoms with Gasteiger partial charge in [-0.25, -0.2) is 13.2 Å². The number of morpholine rings is 1. The third-order valence-corrected chi connectivity index (χ3v) is 7.73. The molecule has 0 bridgehead atoms. The van der Waals surface area contributed by atoms with Crippen LogP contribution in [0.3, 0.4) is 0 Å². The van der Waals surface area contributed by atoms with Crippen LogP contribution in [-0.2, 0) is 10.5 Å². The Bertz CT molecular complexity index is 1450. The Morgan fingerprint density at radius 1 is 1.03 bits per heavy atom. The van der Waals surface area contributed by atoms with Gasteiger partial charge in [0, 0.05) is 22.8 Å². The highest BCUT2D eigenvalue weighted by Gasteiger charge is 2.46. The number of hydrogen-bond donors (Lipinski definition) is 1. The number of benzene rings is 2. The van der Waals surface area contributed by atoms with Gasteiger partial charge in [-0.15, -0.1) is 11.8 Å². The van der Waals surface area contributed by atoms with Crippen LogP contribution in [-0.4, -0.2) is 46.5 Å². The fourth-order valence-electron chi connectivity index (χ4n) is 5.01. The average Bonchev–Trinajstić information content (AvgIpc) is 3.02. The standard InChI is InChI=1S/C24H18F3N3O4S/c25-15-6-5-12-14(19(15)27)11-35-17-4-2-1-3-13(17)20(12)30-18-10-34-8-7-28(18)24(33)21-23(32)22(31)16(26)9-29(21)30/h1-6,9,18,20,32H,7-8,10-11H2/t18-,20+/m1/s1. The van der Waals surface area contributed by atoms with E-state index in [0.29, 0.717) is 11.1 Å². The van der Waals surface area contributed by atoms with Crippen LogP contribution in [0.2, 0.25) is 0 Å². The second-order valence-corrected chi connectivity index (χ2v) is 9.46. The van der Waals surface area contributed by atoms with Crippen molar-refractivity contribution in [2.24, 2.45) is 0 Å². The van der Waals surface area contributed by atoms with Crippen LogP contribution < -0.4 is 10.4 Å². The molecule has 2 atom stereocenters. The molecule has 3 aliphatic rings. The van der Waals surface area contributed by atoms with Crippen LogP contribution in [0, 0.1) is 17.5 Å². The molecule has 11 heteroatoms. The summed E-state index contributed by atoms with van der Waals surface area (Å²) in [5.74, 6) is -4.72. The van der Waals surface area contributed by atoms with E-state index >= 15 is 4.39 Å². The van der Waals surface area contributed by atoms with Crippen molar-refractivity contribution in [1.82, 2.24) is 9.58 Å². The van der Waals surface area contributed by atoms with Gasteiger partial charge in [0.25, 0.3) is 11.3 Å². The maximum Gasteiger partial charge on any atom is 0.278 e. The first-order chi connectivity index (χ1) is 16.9. The summed E-state index contributed by atoms with van der Waals surface area (Å²) in [7, 11) is 0. The molecule has 0 spiro atoms. The summed E-state index contributed by atoms with van der Waals surface area (Å²) in [6.07, 6.45) is 0.0775. The van der Waals surface area contributed by atoms with Crippen molar-refractivity contribution in [3.8, 4) is 5.75 Å². The molecule has 1 N–H and O–H groups in total. The summed E-state index contributed by atoms with van der Waals surface area (Å²) < 4.78 is 50.7. The number of pyridine rings is 1. The Hall–Kier alpha value is -3.44. The number of hydrogen-bond acceptors (Lipinski definition) is 6. The van der Waals surface area contributed by atoms with Crippen molar-refractivity contribution in [1.29, 1.82) is 0 Å². The highest BCUT2D eigenvalue weighted by Crippen LogP contribution is 2.45. The van der Waals surface area contributed by atoms with Gasteiger partial charge in [-0.1, -0.05) is 24.3 Å². The van der Waals surface area contributed by atoms with Crippen molar-refractivity contribution < 1.29 is 27.8 Å². The molecule has 3 aliphatic heterocycles. The van der Waals surface area contributed by atoms with Crippen LogP contribution >= 0.6 is 11.8 Å². The predicted molar refractivity (Wildman–Crippen MR) is 120 cm³/mol. The molecule has 4 heterocycles. The zero-order valence-corrected chi connectivity index (χ0v) is 18.9. The number of rotatable bonds is 1. The summed E-state index contributed by atoms with van der Waals surface area (Å²) >= 11 is 1.33. The van der Waals surface area contributed by atoms with Crippen molar-refractivity contribution in [3.63, 3.8) is 0 Å². The Balaban J connectivity index is 1.69. The molecule has 0 aliphatic carbocycles. The zero-order chi connectivity index (χ0) is 24.4. The number of carbonyl (C=O) groups is 1. The number of ether oxygens (including phenoxy) is 1. The predicted octanol–water partition coefficient (Wildman–Crippen LogP) is 3.12. The van der Waals surface area contributed by atoms with E-state index in [-0.39, 0.29) is 31.1 Å². The van der Waals surface area contributed by atoms with Gasteiger partial charge >= 0.3 is 0 Å². The van der Waals surface area contributed by atoms with E-state index in [1.54, 1.807) is 11.1 Å². The number of aromatic nitrogens is 1. The molecular weight excluding hydrogens is 483 g/mol. The summed E-state index contributed by atoms with van der Waals surface area (Å²) in [5, 5.41) is 12.1. The number of amides is 1.